The van der Waals surface area contributed by atoms with Gasteiger partial charge in [0.15, 0.2) is 11.3 Å². The lowest BCUT2D eigenvalue weighted by atomic mass is 10.4. The molecule has 0 aliphatic heterocycles. The lowest BCUT2D eigenvalue weighted by molar-refractivity contribution is 0.0518. The Labute approximate surface area is 105 Å². The van der Waals surface area contributed by atoms with E-state index in [1.807, 2.05) is 0 Å². The van der Waals surface area contributed by atoms with Gasteiger partial charge in [-0.25, -0.2) is 9.78 Å². The molecule has 0 bridgehead atoms. The van der Waals surface area contributed by atoms with Gasteiger partial charge in [-0.1, -0.05) is 11.6 Å². The van der Waals surface area contributed by atoms with Crippen LogP contribution in [0.15, 0.2) is 22.9 Å². The van der Waals surface area contributed by atoms with Crippen molar-refractivity contribution in [2.24, 2.45) is 0 Å². The van der Waals surface area contributed by atoms with Crippen LogP contribution in [-0.4, -0.2) is 22.0 Å². The van der Waals surface area contributed by atoms with E-state index in [1.54, 1.807) is 23.6 Å². The number of pyridine rings is 1. The van der Waals surface area contributed by atoms with Crippen LogP contribution in [0, 0.1) is 0 Å². The molecule has 0 saturated heterocycles. The number of carbonyl (C=O) groups excluding carboxylic acids is 1. The minimum Gasteiger partial charge on any atom is -0.461 e. The number of imidazole rings is 1. The number of carbonyl (C=O) groups is 1. The zero-order chi connectivity index (χ0) is 11.7. The molecule has 0 N–H and O–H groups in total. The maximum atomic E-state index is 11.6. The highest BCUT2D eigenvalue weighted by molar-refractivity contribution is 9.10. The Kier molecular flexibility index (Phi) is 3.16. The summed E-state index contributed by atoms with van der Waals surface area (Å²) in [7, 11) is 0. The lowest BCUT2D eigenvalue weighted by Gasteiger charge is -2.03. The molecule has 0 aromatic carbocycles. The first-order valence-corrected chi connectivity index (χ1v) is 5.79. The van der Waals surface area contributed by atoms with Crippen LogP contribution in [0.4, 0.5) is 0 Å². The second kappa shape index (κ2) is 4.43. The Hall–Kier alpha value is -1.07. The largest absolute Gasteiger partial charge is 0.461 e. The van der Waals surface area contributed by atoms with Gasteiger partial charge in [0, 0.05) is 6.20 Å². The number of fused-ring (bicyclic) bond motifs is 1. The Bertz CT molecular complexity index is 553. The Morgan fingerprint density at radius 1 is 1.69 bits per heavy atom. The summed E-state index contributed by atoms with van der Waals surface area (Å²) in [5, 5.41) is 0.517. The summed E-state index contributed by atoms with van der Waals surface area (Å²) in [4.78, 5) is 15.7. The molecule has 0 amide bonds. The van der Waals surface area contributed by atoms with E-state index in [2.05, 4.69) is 20.9 Å². The maximum absolute atomic E-state index is 11.6. The molecular formula is C10H8BrClN2O2. The van der Waals surface area contributed by atoms with Crippen molar-refractivity contribution in [3.8, 4) is 0 Å². The van der Waals surface area contributed by atoms with E-state index in [0.29, 0.717) is 23.0 Å². The zero-order valence-corrected chi connectivity index (χ0v) is 10.7. The predicted molar refractivity (Wildman–Crippen MR) is 63.9 cm³/mol. The van der Waals surface area contributed by atoms with E-state index in [1.165, 1.54) is 6.20 Å². The molecule has 6 heteroatoms. The third-order valence-electron chi connectivity index (χ3n) is 2.01. The van der Waals surface area contributed by atoms with Crippen molar-refractivity contribution in [3.05, 3.63) is 33.6 Å². The molecule has 0 aliphatic carbocycles. The van der Waals surface area contributed by atoms with Crippen molar-refractivity contribution in [3.63, 3.8) is 0 Å². The summed E-state index contributed by atoms with van der Waals surface area (Å²) in [6, 6.07) is 1.72. The van der Waals surface area contributed by atoms with Gasteiger partial charge in [-0.2, -0.15) is 0 Å². The Morgan fingerprint density at radius 2 is 2.44 bits per heavy atom. The molecule has 0 radical (unpaired) electrons. The average molecular weight is 304 g/mol. The zero-order valence-electron chi connectivity index (χ0n) is 8.41. The maximum Gasteiger partial charge on any atom is 0.356 e. The van der Waals surface area contributed by atoms with Crippen molar-refractivity contribution in [1.29, 1.82) is 0 Å². The van der Waals surface area contributed by atoms with E-state index in [9.17, 15) is 4.79 Å². The Morgan fingerprint density at radius 3 is 3.12 bits per heavy atom. The van der Waals surface area contributed by atoms with E-state index in [4.69, 9.17) is 16.3 Å². The van der Waals surface area contributed by atoms with Crippen LogP contribution < -0.4 is 0 Å². The highest BCUT2D eigenvalue weighted by Crippen LogP contribution is 2.23. The van der Waals surface area contributed by atoms with Gasteiger partial charge >= 0.3 is 5.97 Å². The number of esters is 1. The molecule has 0 fully saturated rings. The van der Waals surface area contributed by atoms with Crippen molar-refractivity contribution in [2.45, 2.75) is 6.92 Å². The first-order chi connectivity index (χ1) is 7.63. The molecule has 0 spiro atoms. The minimum absolute atomic E-state index is 0.327. The fourth-order valence-corrected chi connectivity index (χ4v) is 2.25. The summed E-state index contributed by atoms with van der Waals surface area (Å²) in [6.07, 6.45) is 3.09. The standard InChI is InChI=1S/C10H8BrClN2O2/c1-2-16-10(15)8-4-13-9-7(11)3-6(12)5-14(8)9/h3-5H,2H2,1H3. The van der Waals surface area contributed by atoms with Gasteiger partial charge < -0.3 is 4.74 Å². The topological polar surface area (TPSA) is 43.6 Å². The van der Waals surface area contributed by atoms with Gasteiger partial charge in [-0.3, -0.25) is 4.40 Å². The minimum atomic E-state index is -0.413. The van der Waals surface area contributed by atoms with Crippen LogP contribution in [0.2, 0.25) is 5.02 Å². The third-order valence-corrected chi connectivity index (χ3v) is 2.80. The van der Waals surface area contributed by atoms with Gasteiger partial charge in [0.05, 0.1) is 22.3 Å². The number of hydrogen-bond acceptors (Lipinski definition) is 3. The summed E-state index contributed by atoms with van der Waals surface area (Å²) >= 11 is 9.23. The van der Waals surface area contributed by atoms with Crippen LogP contribution in [0.1, 0.15) is 17.4 Å². The number of aromatic nitrogens is 2. The van der Waals surface area contributed by atoms with Crippen LogP contribution in [0.25, 0.3) is 5.65 Å². The summed E-state index contributed by atoms with van der Waals surface area (Å²) < 4.78 is 7.25. The van der Waals surface area contributed by atoms with Crippen molar-refractivity contribution in [2.75, 3.05) is 6.61 Å². The number of ether oxygens (including phenoxy) is 1. The fraction of sp³-hybridized carbons (Fsp3) is 0.200. The first kappa shape index (κ1) is 11.4. The number of hydrogen-bond donors (Lipinski definition) is 0. The van der Waals surface area contributed by atoms with Crippen LogP contribution >= 0.6 is 27.5 Å². The average Bonchev–Trinajstić information content (AvgIpc) is 2.61. The summed E-state index contributed by atoms with van der Waals surface area (Å²) in [6.45, 7) is 2.08. The van der Waals surface area contributed by atoms with Gasteiger partial charge in [0.1, 0.15) is 0 Å². The number of nitrogens with zero attached hydrogens (tertiary/aromatic N) is 2. The van der Waals surface area contributed by atoms with E-state index in [-0.39, 0.29) is 0 Å². The SMILES string of the molecule is CCOC(=O)c1cnc2c(Br)cc(Cl)cn12. The molecule has 2 aromatic rings. The van der Waals surface area contributed by atoms with Gasteiger partial charge in [0.25, 0.3) is 0 Å². The first-order valence-electron chi connectivity index (χ1n) is 4.62. The smallest absolute Gasteiger partial charge is 0.356 e. The van der Waals surface area contributed by atoms with E-state index < -0.39 is 5.97 Å². The normalized spacial score (nSPS) is 10.7. The van der Waals surface area contributed by atoms with Gasteiger partial charge in [0.2, 0.25) is 0 Å². The highest BCUT2D eigenvalue weighted by atomic mass is 79.9. The van der Waals surface area contributed by atoms with Crippen LogP contribution in [0.3, 0.4) is 0 Å². The van der Waals surface area contributed by atoms with Crippen molar-refractivity contribution >= 4 is 39.1 Å². The second-order valence-electron chi connectivity index (χ2n) is 3.06. The molecule has 0 atom stereocenters. The van der Waals surface area contributed by atoms with E-state index in [0.717, 1.165) is 4.47 Å². The Balaban J connectivity index is 2.60. The molecule has 84 valence electrons. The number of rotatable bonds is 2. The second-order valence-corrected chi connectivity index (χ2v) is 4.35. The molecule has 0 unspecified atom stereocenters. The molecular weight excluding hydrogens is 295 g/mol. The molecule has 2 heterocycles. The molecule has 2 aromatic heterocycles. The molecule has 0 saturated carbocycles. The molecule has 4 nitrogen and oxygen atoms in total. The van der Waals surface area contributed by atoms with Crippen LogP contribution in [-0.2, 0) is 4.74 Å². The van der Waals surface area contributed by atoms with Gasteiger partial charge in [-0.15, -0.1) is 0 Å². The van der Waals surface area contributed by atoms with Crippen molar-refractivity contribution in [1.82, 2.24) is 9.38 Å². The summed E-state index contributed by atoms with van der Waals surface area (Å²) in [5.41, 5.74) is 0.993. The van der Waals surface area contributed by atoms with Crippen molar-refractivity contribution < 1.29 is 9.53 Å². The molecule has 0 aliphatic rings. The van der Waals surface area contributed by atoms with E-state index >= 15 is 0 Å². The predicted octanol–water partition coefficient (Wildman–Crippen LogP) is 2.93. The van der Waals surface area contributed by atoms with Crippen LogP contribution in [0.5, 0.6) is 0 Å². The van der Waals surface area contributed by atoms with Gasteiger partial charge in [-0.05, 0) is 28.9 Å². The summed E-state index contributed by atoms with van der Waals surface area (Å²) in [5.74, 6) is -0.413. The quantitative estimate of drug-likeness (QED) is 0.801. The highest BCUT2D eigenvalue weighted by Gasteiger charge is 2.14. The fourth-order valence-electron chi connectivity index (χ4n) is 1.37. The molecule has 2 rings (SSSR count). The third kappa shape index (κ3) is 1.92. The molecule has 16 heavy (non-hydrogen) atoms. The number of halogens is 2. The monoisotopic (exact) mass is 302 g/mol. The lowest BCUT2D eigenvalue weighted by Crippen LogP contribution is -2.07.